The number of nitro benzene ring substituents is 1. The van der Waals surface area contributed by atoms with Crippen molar-refractivity contribution < 1.29 is 24.4 Å². The van der Waals surface area contributed by atoms with Crippen molar-refractivity contribution in [3.63, 3.8) is 0 Å². The van der Waals surface area contributed by atoms with E-state index in [1.807, 2.05) is 51.1 Å². The predicted molar refractivity (Wildman–Crippen MR) is 152 cm³/mol. The number of hydrogen-bond donors (Lipinski definition) is 1. The van der Waals surface area contributed by atoms with E-state index in [1.165, 1.54) is 29.2 Å². The van der Waals surface area contributed by atoms with Gasteiger partial charge in [-0.25, -0.2) is 0 Å². The molecule has 1 aliphatic heterocycles. The third-order valence-electron chi connectivity index (χ3n) is 7.20. The maximum absolute atomic E-state index is 13.3. The molecule has 3 aromatic rings. The zero-order valence-electron chi connectivity index (χ0n) is 22.9. The molecule has 9 heteroatoms. The van der Waals surface area contributed by atoms with E-state index in [4.69, 9.17) is 4.74 Å². The fraction of sp³-hybridized carbons (Fsp3) is 0.290. The number of non-ortho nitro benzene ring substituents is 1. The smallest absolute Gasteiger partial charge is 0.295 e. The maximum Gasteiger partial charge on any atom is 0.295 e. The summed E-state index contributed by atoms with van der Waals surface area (Å²) < 4.78 is 5.95. The van der Waals surface area contributed by atoms with Crippen LogP contribution in [0, 0.1) is 17.0 Å². The fourth-order valence-corrected chi connectivity index (χ4v) is 4.87. The minimum absolute atomic E-state index is 0.0456. The lowest BCUT2D eigenvalue weighted by Gasteiger charge is -2.28. The van der Waals surface area contributed by atoms with Crippen LogP contribution in [0.25, 0.3) is 5.76 Å². The highest BCUT2D eigenvalue weighted by Gasteiger charge is 2.46. The van der Waals surface area contributed by atoms with Gasteiger partial charge in [0.25, 0.3) is 17.4 Å². The molecule has 0 spiro atoms. The van der Waals surface area contributed by atoms with Crippen molar-refractivity contribution in [2.24, 2.45) is 0 Å². The average Bonchev–Trinajstić information content (AvgIpc) is 3.22. The normalized spacial score (nSPS) is 16.5. The Labute approximate surface area is 233 Å². The van der Waals surface area contributed by atoms with Crippen LogP contribution in [-0.4, -0.2) is 57.7 Å². The number of carbonyl (C=O) groups is 2. The van der Waals surface area contributed by atoms with Crippen molar-refractivity contribution in [3.05, 3.63) is 111 Å². The first-order valence-electron chi connectivity index (χ1n) is 13.3. The van der Waals surface area contributed by atoms with Gasteiger partial charge < -0.3 is 19.6 Å². The van der Waals surface area contributed by atoms with Crippen molar-refractivity contribution in [2.75, 3.05) is 26.2 Å². The van der Waals surface area contributed by atoms with Crippen LogP contribution in [0.1, 0.15) is 42.1 Å². The van der Waals surface area contributed by atoms with E-state index in [0.29, 0.717) is 30.0 Å². The number of amides is 1. The Bertz CT molecular complexity index is 1410. The Balaban J connectivity index is 1.70. The van der Waals surface area contributed by atoms with Crippen LogP contribution in [0.3, 0.4) is 0 Å². The van der Waals surface area contributed by atoms with E-state index >= 15 is 0 Å². The predicted octanol–water partition coefficient (Wildman–Crippen LogP) is 5.25. The number of likely N-dealkylation sites (N-methyl/N-ethyl adjacent to an activating group) is 1. The second kappa shape index (κ2) is 12.6. The first-order chi connectivity index (χ1) is 19.2. The van der Waals surface area contributed by atoms with Gasteiger partial charge in [0.05, 0.1) is 16.5 Å². The first-order valence-corrected chi connectivity index (χ1v) is 13.3. The van der Waals surface area contributed by atoms with E-state index < -0.39 is 22.7 Å². The van der Waals surface area contributed by atoms with Crippen molar-refractivity contribution in [1.29, 1.82) is 0 Å². The number of carbonyl (C=O) groups excluding carboxylic acids is 2. The summed E-state index contributed by atoms with van der Waals surface area (Å²) in [6.45, 7) is 8.60. The monoisotopic (exact) mass is 543 g/mol. The van der Waals surface area contributed by atoms with Gasteiger partial charge in [0, 0.05) is 30.8 Å². The molecule has 4 rings (SSSR count). The minimum Gasteiger partial charge on any atom is -0.507 e. The molecule has 1 aliphatic rings. The molecule has 208 valence electrons. The van der Waals surface area contributed by atoms with Gasteiger partial charge >= 0.3 is 0 Å². The molecular formula is C31H33N3O6. The van der Waals surface area contributed by atoms with Crippen molar-refractivity contribution in [3.8, 4) is 5.75 Å². The Hall–Kier alpha value is -4.50. The molecule has 1 amide bonds. The first kappa shape index (κ1) is 28.5. The summed E-state index contributed by atoms with van der Waals surface area (Å²) in [5.74, 6) is -1.17. The van der Waals surface area contributed by atoms with Gasteiger partial charge in [0.1, 0.15) is 18.1 Å². The highest BCUT2D eigenvalue weighted by molar-refractivity contribution is 6.46. The van der Waals surface area contributed by atoms with Crippen molar-refractivity contribution in [1.82, 2.24) is 9.80 Å². The molecule has 40 heavy (non-hydrogen) atoms. The van der Waals surface area contributed by atoms with Crippen LogP contribution in [-0.2, 0) is 16.2 Å². The summed E-state index contributed by atoms with van der Waals surface area (Å²) in [4.78, 5) is 40.8. The third-order valence-corrected chi connectivity index (χ3v) is 7.20. The Kier molecular flexibility index (Phi) is 8.96. The van der Waals surface area contributed by atoms with Gasteiger partial charge in [0.2, 0.25) is 0 Å². The zero-order chi connectivity index (χ0) is 28.8. The van der Waals surface area contributed by atoms with E-state index in [1.54, 1.807) is 18.2 Å². The number of Topliss-reactive ketones (excluding diaryl/α,β-unsaturated/α-hetero) is 1. The van der Waals surface area contributed by atoms with E-state index in [0.717, 1.165) is 24.2 Å². The van der Waals surface area contributed by atoms with Gasteiger partial charge in [-0.3, -0.25) is 19.7 Å². The van der Waals surface area contributed by atoms with Gasteiger partial charge in [0.15, 0.2) is 0 Å². The van der Waals surface area contributed by atoms with E-state index in [-0.39, 0.29) is 23.6 Å². The lowest BCUT2D eigenvalue weighted by Crippen LogP contribution is -2.38. The molecule has 9 nitrogen and oxygen atoms in total. The Morgan fingerprint density at radius 1 is 1.02 bits per heavy atom. The molecule has 0 bridgehead atoms. The number of likely N-dealkylation sites (tertiary alicyclic amines) is 1. The van der Waals surface area contributed by atoms with Crippen LogP contribution in [0.5, 0.6) is 5.75 Å². The van der Waals surface area contributed by atoms with E-state index in [9.17, 15) is 24.8 Å². The van der Waals surface area contributed by atoms with Gasteiger partial charge in [-0.15, -0.1) is 0 Å². The molecule has 1 saturated heterocycles. The number of nitro groups is 1. The third kappa shape index (κ3) is 6.05. The molecule has 1 atom stereocenters. The number of aryl methyl sites for hydroxylation is 1. The maximum atomic E-state index is 13.3. The number of nitrogens with zero attached hydrogens (tertiary/aromatic N) is 3. The molecule has 0 radical (unpaired) electrons. The molecule has 0 saturated carbocycles. The molecule has 1 heterocycles. The molecule has 0 aliphatic carbocycles. The number of benzene rings is 3. The lowest BCUT2D eigenvalue weighted by atomic mass is 9.94. The zero-order valence-corrected chi connectivity index (χ0v) is 22.9. The molecule has 0 aromatic heterocycles. The highest BCUT2D eigenvalue weighted by atomic mass is 16.6. The molecule has 1 fully saturated rings. The summed E-state index contributed by atoms with van der Waals surface area (Å²) in [7, 11) is 0. The van der Waals surface area contributed by atoms with E-state index in [2.05, 4.69) is 4.90 Å². The molecule has 3 aromatic carbocycles. The second-order valence-corrected chi connectivity index (χ2v) is 9.62. The quantitative estimate of drug-likeness (QED) is 0.116. The summed E-state index contributed by atoms with van der Waals surface area (Å²) in [5, 5.41) is 22.6. The molecule has 1 N–H and O–H groups in total. The fourth-order valence-electron chi connectivity index (χ4n) is 4.87. The summed E-state index contributed by atoms with van der Waals surface area (Å²) >= 11 is 0. The summed E-state index contributed by atoms with van der Waals surface area (Å²) in [5.41, 5.74) is 2.49. The minimum atomic E-state index is -0.884. The number of aliphatic hydroxyl groups is 1. The number of ketones is 1. The average molecular weight is 544 g/mol. The number of hydrogen-bond acceptors (Lipinski definition) is 7. The second-order valence-electron chi connectivity index (χ2n) is 9.62. The summed E-state index contributed by atoms with van der Waals surface area (Å²) in [6, 6.07) is 19.7. The molecule has 0 unspecified atom stereocenters. The summed E-state index contributed by atoms with van der Waals surface area (Å²) in [6.07, 6.45) is 0. The SMILES string of the molecule is CCN(CC)CCN1C(=O)C(=O)/C(=C(/O)c2ccc(OCc3ccccc3)c(C)c2)[C@@H]1c1ccc([N+](=O)[O-])cc1. The van der Waals surface area contributed by atoms with Gasteiger partial charge in [-0.2, -0.15) is 0 Å². The van der Waals surface area contributed by atoms with Crippen LogP contribution >= 0.6 is 0 Å². The molecular weight excluding hydrogens is 510 g/mol. The van der Waals surface area contributed by atoms with Crippen LogP contribution in [0.15, 0.2) is 78.4 Å². The largest absolute Gasteiger partial charge is 0.507 e. The van der Waals surface area contributed by atoms with Crippen molar-refractivity contribution in [2.45, 2.75) is 33.4 Å². The Morgan fingerprint density at radius 2 is 1.70 bits per heavy atom. The number of rotatable bonds is 11. The Morgan fingerprint density at radius 3 is 2.30 bits per heavy atom. The van der Waals surface area contributed by atoms with Gasteiger partial charge in [-0.05, 0) is 67.0 Å². The van der Waals surface area contributed by atoms with Crippen LogP contribution < -0.4 is 4.74 Å². The van der Waals surface area contributed by atoms with Gasteiger partial charge in [-0.1, -0.05) is 44.2 Å². The lowest BCUT2D eigenvalue weighted by molar-refractivity contribution is -0.384. The van der Waals surface area contributed by atoms with Crippen molar-refractivity contribution >= 4 is 23.1 Å². The number of ether oxygens (including phenoxy) is 1. The van der Waals surface area contributed by atoms with Crippen LogP contribution in [0.4, 0.5) is 5.69 Å². The number of aliphatic hydroxyl groups excluding tert-OH is 1. The highest BCUT2D eigenvalue weighted by Crippen LogP contribution is 2.40. The standard InChI is InChI=1S/C31H33N3O6/c1-4-32(5-2)17-18-33-28(23-11-14-25(15-12-23)34(38)39)27(30(36)31(33)37)29(35)24-13-16-26(21(3)19-24)40-20-22-9-7-6-8-10-22/h6-16,19,28,35H,4-5,17-18,20H2,1-3H3/b29-27+/t28-/m0/s1. The topological polar surface area (TPSA) is 113 Å². The van der Waals surface area contributed by atoms with Crippen LogP contribution in [0.2, 0.25) is 0 Å².